The number of fused-ring (bicyclic) bond motifs is 1. The number of sulfonamides is 1. The molecule has 1 amide bonds. The van der Waals surface area contributed by atoms with Gasteiger partial charge in [0.1, 0.15) is 6.61 Å². The Bertz CT molecular complexity index is 530. The molecular weight excluding hydrogens is 304 g/mol. The molecule has 2 heterocycles. The molecule has 0 spiro atoms. The van der Waals surface area contributed by atoms with Crippen LogP contribution < -0.4 is 0 Å². The van der Waals surface area contributed by atoms with Gasteiger partial charge in [0.05, 0.1) is 12.9 Å². The highest BCUT2D eigenvalue weighted by atomic mass is 32.2. The molecule has 0 N–H and O–H groups in total. The largest absolute Gasteiger partial charge is 0.371 e. The number of nitrogens with zero attached hydrogens (tertiary/aromatic N) is 2. The Hall–Kier alpha value is -0.660. The van der Waals surface area contributed by atoms with Crippen LogP contribution in [0.4, 0.5) is 0 Å². The van der Waals surface area contributed by atoms with Crippen molar-refractivity contribution < 1.29 is 17.9 Å². The lowest BCUT2D eigenvalue weighted by Gasteiger charge is -2.28. The van der Waals surface area contributed by atoms with Crippen molar-refractivity contribution in [1.29, 1.82) is 0 Å². The Balaban J connectivity index is 1.55. The zero-order chi connectivity index (χ0) is 15.8. The molecule has 0 aromatic heterocycles. The fourth-order valence-electron chi connectivity index (χ4n) is 4.25. The van der Waals surface area contributed by atoms with Crippen molar-refractivity contribution >= 4 is 15.9 Å². The number of carbonyl (C=O) groups excluding carboxylic acids is 1. The Morgan fingerprint density at radius 3 is 2.68 bits per heavy atom. The first kappa shape index (κ1) is 16.2. The number of carbonyl (C=O) groups is 1. The molecule has 1 aliphatic carbocycles. The minimum Gasteiger partial charge on any atom is -0.371 e. The van der Waals surface area contributed by atoms with E-state index in [1.54, 1.807) is 4.31 Å². The molecule has 2 saturated heterocycles. The van der Waals surface area contributed by atoms with Gasteiger partial charge in [0.25, 0.3) is 0 Å². The Labute approximate surface area is 132 Å². The topological polar surface area (TPSA) is 66.9 Å². The van der Waals surface area contributed by atoms with Crippen LogP contribution in [0.15, 0.2) is 0 Å². The first-order valence-electron chi connectivity index (χ1n) is 8.21. The van der Waals surface area contributed by atoms with E-state index in [4.69, 9.17) is 4.74 Å². The third-order valence-corrected chi connectivity index (χ3v) is 6.77. The monoisotopic (exact) mass is 330 g/mol. The van der Waals surface area contributed by atoms with Crippen molar-refractivity contribution in [1.82, 2.24) is 9.21 Å². The molecule has 1 saturated carbocycles. The summed E-state index contributed by atoms with van der Waals surface area (Å²) >= 11 is 0. The molecule has 3 rings (SSSR count). The summed E-state index contributed by atoms with van der Waals surface area (Å²) in [5, 5.41) is 0. The third kappa shape index (κ3) is 3.16. The maximum absolute atomic E-state index is 12.0. The van der Waals surface area contributed by atoms with Gasteiger partial charge in [-0.05, 0) is 31.6 Å². The van der Waals surface area contributed by atoms with Gasteiger partial charge in [-0.2, -0.15) is 0 Å². The summed E-state index contributed by atoms with van der Waals surface area (Å²) in [6, 6.07) is 0. The molecule has 0 aromatic rings. The van der Waals surface area contributed by atoms with Crippen LogP contribution in [0.25, 0.3) is 0 Å². The van der Waals surface area contributed by atoms with Crippen molar-refractivity contribution in [3.63, 3.8) is 0 Å². The van der Waals surface area contributed by atoms with E-state index in [0.29, 0.717) is 25.6 Å². The van der Waals surface area contributed by atoms with Crippen LogP contribution in [0.3, 0.4) is 0 Å². The highest BCUT2D eigenvalue weighted by Gasteiger charge is 2.51. The molecule has 0 radical (unpaired) electrons. The number of ether oxygens (including phenoxy) is 1. The molecule has 2 aliphatic heterocycles. The van der Waals surface area contributed by atoms with Gasteiger partial charge >= 0.3 is 0 Å². The molecule has 3 fully saturated rings. The van der Waals surface area contributed by atoms with Gasteiger partial charge in [-0.3, -0.25) is 4.79 Å². The summed E-state index contributed by atoms with van der Waals surface area (Å²) < 4.78 is 30.9. The predicted octanol–water partition coefficient (Wildman–Crippen LogP) is 0.687. The van der Waals surface area contributed by atoms with Crippen molar-refractivity contribution in [2.24, 2.45) is 11.3 Å². The lowest BCUT2D eigenvalue weighted by Crippen LogP contribution is -2.36. The van der Waals surface area contributed by atoms with Crippen LogP contribution in [0.1, 0.15) is 32.1 Å². The molecule has 7 heteroatoms. The van der Waals surface area contributed by atoms with E-state index in [2.05, 4.69) is 0 Å². The second-order valence-corrected chi connectivity index (χ2v) is 9.07. The zero-order valence-corrected chi connectivity index (χ0v) is 14.1. The molecule has 6 nitrogen and oxygen atoms in total. The summed E-state index contributed by atoms with van der Waals surface area (Å²) in [6.45, 7) is 3.49. The maximum atomic E-state index is 12.0. The normalized spacial score (nSPS) is 32.6. The van der Waals surface area contributed by atoms with E-state index in [1.807, 2.05) is 4.90 Å². The van der Waals surface area contributed by atoms with Crippen LogP contribution >= 0.6 is 0 Å². The van der Waals surface area contributed by atoms with Crippen LogP contribution in [-0.4, -0.2) is 69.2 Å². The molecule has 22 heavy (non-hydrogen) atoms. The number of amides is 1. The van der Waals surface area contributed by atoms with Crippen molar-refractivity contribution in [3.05, 3.63) is 0 Å². The zero-order valence-electron chi connectivity index (χ0n) is 13.3. The summed E-state index contributed by atoms with van der Waals surface area (Å²) in [5.41, 5.74) is -0.0750. The van der Waals surface area contributed by atoms with E-state index >= 15 is 0 Å². The van der Waals surface area contributed by atoms with Gasteiger partial charge in [0.2, 0.25) is 15.9 Å². The van der Waals surface area contributed by atoms with E-state index in [-0.39, 0.29) is 17.9 Å². The number of rotatable bonds is 5. The molecule has 3 aliphatic rings. The highest BCUT2D eigenvalue weighted by Crippen LogP contribution is 2.49. The van der Waals surface area contributed by atoms with Crippen LogP contribution in [0.5, 0.6) is 0 Å². The predicted molar refractivity (Wildman–Crippen MR) is 82.8 cm³/mol. The van der Waals surface area contributed by atoms with Gasteiger partial charge in [0.15, 0.2) is 0 Å². The minimum atomic E-state index is -3.13. The van der Waals surface area contributed by atoms with E-state index in [0.717, 1.165) is 45.2 Å². The lowest BCUT2D eigenvalue weighted by molar-refractivity contribution is -0.136. The number of likely N-dealkylation sites (tertiary alicyclic amines) is 1. The molecule has 0 unspecified atom stereocenters. The summed E-state index contributed by atoms with van der Waals surface area (Å²) in [4.78, 5) is 13.9. The van der Waals surface area contributed by atoms with Crippen molar-refractivity contribution in [2.75, 3.05) is 45.6 Å². The Morgan fingerprint density at radius 1 is 1.27 bits per heavy atom. The lowest BCUT2D eigenvalue weighted by atomic mass is 9.82. The fraction of sp³-hybridized carbons (Fsp3) is 0.933. The number of hydrogen-bond acceptors (Lipinski definition) is 4. The second-order valence-electron chi connectivity index (χ2n) is 7.09. The SMILES string of the molecule is CS(=O)(=O)N1C[C@@H]2CCC[C@]2(COCC(=O)N2CCCC2)C1. The van der Waals surface area contributed by atoms with Crippen LogP contribution in [0, 0.1) is 11.3 Å². The van der Waals surface area contributed by atoms with E-state index in [1.165, 1.54) is 6.26 Å². The first-order valence-corrected chi connectivity index (χ1v) is 10.1. The fourth-order valence-corrected chi connectivity index (χ4v) is 5.20. The van der Waals surface area contributed by atoms with Gasteiger partial charge in [-0.15, -0.1) is 0 Å². The van der Waals surface area contributed by atoms with Gasteiger partial charge in [0, 0.05) is 31.6 Å². The average molecular weight is 330 g/mol. The van der Waals surface area contributed by atoms with Gasteiger partial charge in [-0.25, -0.2) is 12.7 Å². The standard InChI is InChI=1S/C15H26N2O4S/c1-22(19,20)17-9-13-5-4-6-15(13,11-17)12-21-10-14(18)16-7-2-3-8-16/h13H,2-12H2,1H3/t13-,15+/m0/s1. The maximum Gasteiger partial charge on any atom is 0.248 e. The highest BCUT2D eigenvalue weighted by molar-refractivity contribution is 7.88. The summed E-state index contributed by atoms with van der Waals surface area (Å²) in [5.74, 6) is 0.450. The Morgan fingerprint density at radius 2 is 2.00 bits per heavy atom. The van der Waals surface area contributed by atoms with Crippen molar-refractivity contribution in [3.8, 4) is 0 Å². The summed E-state index contributed by atoms with van der Waals surface area (Å²) in [6.07, 6.45) is 6.64. The third-order valence-electron chi connectivity index (χ3n) is 5.55. The smallest absolute Gasteiger partial charge is 0.248 e. The van der Waals surface area contributed by atoms with E-state index < -0.39 is 10.0 Å². The molecule has 0 aromatic carbocycles. The Kier molecular flexibility index (Phi) is 4.49. The minimum absolute atomic E-state index is 0.0708. The quantitative estimate of drug-likeness (QED) is 0.744. The molecule has 0 bridgehead atoms. The van der Waals surface area contributed by atoms with Crippen LogP contribution in [-0.2, 0) is 19.6 Å². The number of hydrogen-bond donors (Lipinski definition) is 0. The second kappa shape index (κ2) is 6.09. The molecule has 2 atom stereocenters. The van der Waals surface area contributed by atoms with E-state index in [9.17, 15) is 13.2 Å². The van der Waals surface area contributed by atoms with Crippen molar-refractivity contribution in [2.45, 2.75) is 32.1 Å². The van der Waals surface area contributed by atoms with Gasteiger partial charge in [-0.1, -0.05) is 6.42 Å². The molecule has 126 valence electrons. The summed E-state index contributed by atoms with van der Waals surface area (Å²) in [7, 11) is -3.13. The van der Waals surface area contributed by atoms with Gasteiger partial charge < -0.3 is 9.64 Å². The average Bonchev–Trinajstić information content (AvgIpc) is 3.12. The molecular formula is C15H26N2O4S. The van der Waals surface area contributed by atoms with Crippen LogP contribution in [0.2, 0.25) is 0 Å². The first-order chi connectivity index (χ1) is 10.4.